The molecule has 150 valence electrons. The van der Waals surface area contributed by atoms with E-state index in [1.54, 1.807) is 40.9 Å². The number of hydrogen-bond acceptors (Lipinski definition) is 4. The molecule has 1 aliphatic rings. The largest absolute Gasteiger partial charge is 0.465 e. The van der Waals surface area contributed by atoms with E-state index in [2.05, 4.69) is 5.32 Å². The fourth-order valence-electron chi connectivity index (χ4n) is 3.39. The number of piperidine rings is 1. The van der Waals surface area contributed by atoms with Crippen molar-refractivity contribution in [2.24, 2.45) is 0 Å². The first kappa shape index (κ1) is 20.4. The molecule has 28 heavy (non-hydrogen) atoms. The number of furan rings is 1. The van der Waals surface area contributed by atoms with Gasteiger partial charge in [-0.25, -0.2) is 8.42 Å². The maximum absolute atomic E-state index is 13.1. The molecule has 2 aromatic rings. The first-order chi connectivity index (χ1) is 13.5. The highest BCUT2D eigenvalue weighted by Crippen LogP contribution is 2.27. The normalized spacial score (nSPS) is 18.4. The summed E-state index contributed by atoms with van der Waals surface area (Å²) >= 11 is 0. The lowest BCUT2D eigenvalue weighted by Crippen LogP contribution is -2.45. The second-order valence-electron chi connectivity index (χ2n) is 7.01. The number of aryl methyl sites for hydroxylation is 1. The fraction of sp³-hybridized carbons (Fsp3) is 0.381. The number of nitrogens with one attached hydrogen (secondary N) is 1. The summed E-state index contributed by atoms with van der Waals surface area (Å²) in [6.45, 7) is 2.88. The molecule has 0 saturated carbocycles. The number of carbonyl (C=O) groups is 1. The Morgan fingerprint density at radius 2 is 2.04 bits per heavy atom. The van der Waals surface area contributed by atoms with Crippen molar-refractivity contribution in [1.29, 1.82) is 0 Å². The van der Waals surface area contributed by atoms with Crippen molar-refractivity contribution in [2.75, 3.05) is 13.1 Å². The van der Waals surface area contributed by atoms with Gasteiger partial charge in [-0.1, -0.05) is 24.1 Å². The van der Waals surface area contributed by atoms with Crippen LogP contribution in [0.2, 0.25) is 0 Å². The molecule has 1 atom stereocenters. The Balaban J connectivity index is 1.58. The molecule has 1 saturated heterocycles. The first-order valence-corrected chi connectivity index (χ1v) is 11.0. The summed E-state index contributed by atoms with van der Waals surface area (Å²) in [5, 5.41) is 2.82. The molecule has 1 aromatic carbocycles. The van der Waals surface area contributed by atoms with E-state index in [9.17, 15) is 13.2 Å². The number of nitrogens with zero attached hydrogens (tertiary/aromatic N) is 1. The molecule has 7 heteroatoms. The van der Waals surface area contributed by atoms with E-state index >= 15 is 0 Å². The molecule has 0 bridgehead atoms. The molecule has 1 aliphatic heterocycles. The van der Waals surface area contributed by atoms with Crippen molar-refractivity contribution in [1.82, 2.24) is 9.62 Å². The van der Waals surface area contributed by atoms with E-state index in [1.807, 2.05) is 19.1 Å². The highest BCUT2D eigenvalue weighted by molar-refractivity contribution is 7.89. The van der Waals surface area contributed by atoms with E-state index in [0.29, 0.717) is 30.2 Å². The summed E-state index contributed by atoms with van der Waals surface area (Å²) < 4.78 is 32.9. The van der Waals surface area contributed by atoms with Crippen LogP contribution in [0, 0.1) is 6.92 Å². The van der Waals surface area contributed by atoms with Gasteiger partial charge in [0, 0.05) is 25.2 Å². The Kier molecular flexibility index (Phi) is 6.70. The summed E-state index contributed by atoms with van der Waals surface area (Å²) in [6, 6.07) is 10.4. The van der Waals surface area contributed by atoms with Gasteiger partial charge in [0.25, 0.3) is 0 Å². The predicted molar refractivity (Wildman–Crippen MR) is 108 cm³/mol. The van der Waals surface area contributed by atoms with Crippen molar-refractivity contribution in [3.8, 4) is 0 Å². The zero-order chi connectivity index (χ0) is 20.0. The molecule has 0 aliphatic carbocycles. The molecule has 1 N–H and O–H groups in total. The first-order valence-electron chi connectivity index (χ1n) is 9.55. The van der Waals surface area contributed by atoms with Crippen LogP contribution in [0.15, 0.2) is 58.1 Å². The lowest BCUT2D eigenvalue weighted by molar-refractivity contribution is -0.116. The Morgan fingerprint density at radius 1 is 1.25 bits per heavy atom. The van der Waals surface area contributed by atoms with Gasteiger partial charge in [0.1, 0.15) is 5.76 Å². The smallest absolute Gasteiger partial charge is 0.244 e. The number of sulfonamides is 1. The number of benzene rings is 1. The van der Waals surface area contributed by atoms with Gasteiger partial charge >= 0.3 is 0 Å². The van der Waals surface area contributed by atoms with Gasteiger partial charge in [-0.15, -0.1) is 0 Å². The Labute approximate surface area is 166 Å². The maximum atomic E-state index is 13.1. The Bertz CT molecular complexity index is 902. The second-order valence-corrected chi connectivity index (χ2v) is 8.90. The number of carbonyl (C=O) groups excluding carboxylic acids is 1. The van der Waals surface area contributed by atoms with Crippen LogP contribution in [-0.2, 0) is 14.8 Å². The molecule has 6 nitrogen and oxygen atoms in total. The average Bonchev–Trinajstić information content (AvgIpc) is 3.21. The molecule has 3 rings (SSSR count). The van der Waals surface area contributed by atoms with Gasteiger partial charge in [0.05, 0.1) is 11.2 Å². The predicted octanol–water partition coefficient (Wildman–Crippen LogP) is 3.35. The van der Waals surface area contributed by atoms with Gasteiger partial charge in [-0.2, -0.15) is 4.31 Å². The van der Waals surface area contributed by atoms with Crippen LogP contribution < -0.4 is 5.32 Å². The summed E-state index contributed by atoms with van der Waals surface area (Å²) in [6.07, 6.45) is 7.82. The monoisotopic (exact) mass is 402 g/mol. The average molecular weight is 403 g/mol. The van der Waals surface area contributed by atoms with Crippen LogP contribution in [0.25, 0.3) is 6.08 Å². The minimum absolute atomic E-state index is 0.102. The quantitative estimate of drug-likeness (QED) is 0.721. The molecule has 1 unspecified atom stereocenters. The number of amides is 1. The van der Waals surface area contributed by atoms with E-state index in [4.69, 9.17) is 4.42 Å². The van der Waals surface area contributed by atoms with E-state index in [-0.39, 0.29) is 11.9 Å². The highest BCUT2D eigenvalue weighted by Gasteiger charge is 2.33. The summed E-state index contributed by atoms with van der Waals surface area (Å²) in [4.78, 5) is 12.3. The lowest BCUT2D eigenvalue weighted by Gasteiger charge is -2.34. The SMILES string of the molecule is Cc1ccc(S(=O)(=O)N2CCCCC2CCNC(=O)/C=C/c2ccco2)cc1. The maximum Gasteiger partial charge on any atom is 0.244 e. The van der Waals surface area contributed by atoms with Crippen molar-refractivity contribution < 1.29 is 17.6 Å². The minimum Gasteiger partial charge on any atom is -0.465 e. The lowest BCUT2D eigenvalue weighted by atomic mass is 10.0. The topological polar surface area (TPSA) is 79.6 Å². The molecule has 1 fully saturated rings. The molecular formula is C21H26N2O4S. The number of hydrogen-bond donors (Lipinski definition) is 1. The third-order valence-electron chi connectivity index (χ3n) is 4.92. The van der Waals surface area contributed by atoms with Gasteiger partial charge in [-0.05, 0) is 56.5 Å². The molecule has 1 amide bonds. The van der Waals surface area contributed by atoms with Crippen LogP contribution in [0.5, 0.6) is 0 Å². The molecule has 0 spiro atoms. The van der Waals surface area contributed by atoms with Crippen molar-refractivity contribution in [2.45, 2.75) is 43.5 Å². The van der Waals surface area contributed by atoms with Crippen LogP contribution >= 0.6 is 0 Å². The van der Waals surface area contributed by atoms with Gasteiger partial charge in [0.15, 0.2) is 0 Å². The third-order valence-corrected chi connectivity index (χ3v) is 6.89. The van der Waals surface area contributed by atoms with E-state index in [0.717, 1.165) is 24.8 Å². The van der Waals surface area contributed by atoms with Crippen molar-refractivity contribution in [3.05, 3.63) is 60.1 Å². The summed E-state index contributed by atoms with van der Waals surface area (Å²) in [5.74, 6) is 0.387. The zero-order valence-electron chi connectivity index (χ0n) is 16.0. The van der Waals surface area contributed by atoms with Crippen LogP contribution in [0.1, 0.15) is 37.0 Å². The van der Waals surface area contributed by atoms with Crippen molar-refractivity contribution >= 4 is 22.0 Å². The van der Waals surface area contributed by atoms with Gasteiger partial charge in [0.2, 0.25) is 15.9 Å². The zero-order valence-corrected chi connectivity index (χ0v) is 16.8. The van der Waals surface area contributed by atoms with Crippen LogP contribution in [-0.4, -0.2) is 37.8 Å². The molecule has 1 aromatic heterocycles. The van der Waals surface area contributed by atoms with Gasteiger partial charge < -0.3 is 9.73 Å². The number of rotatable bonds is 7. The van der Waals surface area contributed by atoms with E-state index in [1.165, 1.54) is 6.08 Å². The fourth-order valence-corrected chi connectivity index (χ4v) is 5.11. The van der Waals surface area contributed by atoms with Crippen LogP contribution in [0.4, 0.5) is 0 Å². The third kappa shape index (κ3) is 5.11. The highest BCUT2D eigenvalue weighted by atomic mass is 32.2. The second kappa shape index (κ2) is 9.21. The molecule has 2 heterocycles. The Hall–Kier alpha value is -2.38. The van der Waals surface area contributed by atoms with E-state index < -0.39 is 10.0 Å². The standard InChI is InChI=1S/C21H26N2O4S/c1-17-7-10-20(11-8-17)28(25,26)23-15-3-2-5-18(23)13-14-22-21(24)12-9-19-6-4-16-27-19/h4,6-12,16,18H,2-3,5,13-15H2,1H3,(H,22,24)/b12-9+. The van der Waals surface area contributed by atoms with Gasteiger partial charge in [-0.3, -0.25) is 4.79 Å². The summed E-state index contributed by atoms with van der Waals surface area (Å²) in [5.41, 5.74) is 1.03. The molecule has 0 radical (unpaired) electrons. The summed E-state index contributed by atoms with van der Waals surface area (Å²) in [7, 11) is -3.52. The van der Waals surface area contributed by atoms with Crippen LogP contribution in [0.3, 0.4) is 0 Å². The Morgan fingerprint density at radius 3 is 2.75 bits per heavy atom. The minimum atomic E-state index is -3.52. The van der Waals surface area contributed by atoms with Crippen molar-refractivity contribution in [3.63, 3.8) is 0 Å². The molecular weight excluding hydrogens is 376 g/mol.